The van der Waals surface area contributed by atoms with Crippen LogP contribution in [0.15, 0.2) is 30.3 Å². The first-order chi connectivity index (χ1) is 8.76. The third-order valence-electron chi connectivity index (χ3n) is 1.49. The summed E-state index contributed by atoms with van der Waals surface area (Å²) in [6, 6.07) is 8.73. The molecule has 0 aliphatic carbocycles. The fourth-order valence-electron chi connectivity index (χ4n) is 0.785. The summed E-state index contributed by atoms with van der Waals surface area (Å²) in [5.41, 5.74) is 0.00140. The van der Waals surface area contributed by atoms with Crippen molar-refractivity contribution in [1.29, 1.82) is 0 Å². The van der Waals surface area contributed by atoms with Crippen LogP contribution in [-0.4, -0.2) is 17.5 Å². The number of rotatable bonds is 2. The van der Waals surface area contributed by atoms with Gasteiger partial charge in [-0.1, -0.05) is 18.2 Å². The molecular formula is C13H17NaO6. The number of carbonyl (C=O) groups excluding carboxylic acids is 2. The van der Waals surface area contributed by atoms with E-state index in [1.165, 1.54) is 0 Å². The SMILES string of the molecule is CC(=O)O[O-].CC(C)(C)OOC(=O)c1ccccc1.[Na+]. The van der Waals surface area contributed by atoms with Crippen LogP contribution in [0.3, 0.4) is 0 Å². The van der Waals surface area contributed by atoms with E-state index >= 15 is 0 Å². The van der Waals surface area contributed by atoms with Gasteiger partial charge in [0.2, 0.25) is 0 Å². The Kier molecular flexibility index (Phi) is 11.6. The van der Waals surface area contributed by atoms with Gasteiger partial charge in [0.15, 0.2) is 0 Å². The average Bonchev–Trinajstić information content (AvgIpc) is 2.37. The van der Waals surface area contributed by atoms with Crippen LogP contribution >= 0.6 is 0 Å². The van der Waals surface area contributed by atoms with Gasteiger partial charge in [-0.05, 0) is 32.9 Å². The summed E-state index contributed by atoms with van der Waals surface area (Å²) >= 11 is 0. The molecule has 7 heteroatoms. The summed E-state index contributed by atoms with van der Waals surface area (Å²) < 4.78 is 0. The monoisotopic (exact) mass is 292 g/mol. The topological polar surface area (TPSA) is 84.9 Å². The fourth-order valence-corrected chi connectivity index (χ4v) is 0.785. The van der Waals surface area contributed by atoms with E-state index in [-0.39, 0.29) is 29.6 Å². The van der Waals surface area contributed by atoms with Crippen LogP contribution in [0, 0.1) is 0 Å². The van der Waals surface area contributed by atoms with Crippen LogP contribution in [0.2, 0.25) is 0 Å². The smallest absolute Gasteiger partial charge is 0.662 e. The van der Waals surface area contributed by atoms with Crippen molar-refractivity contribution in [3.63, 3.8) is 0 Å². The van der Waals surface area contributed by atoms with Gasteiger partial charge >= 0.3 is 35.5 Å². The first-order valence-corrected chi connectivity index (χ1v) is 5.51. The summed E-state index contributed by atoms with van der Waals surface area (Å²) in [5.74, 6) is -1.27. The Morgan fingerprint density at radius 2 is 1.55 bits per heavy atom. The van der Waals surface area contributed by atoms with Gasteiger partial charge in [0.25, 0.3) is 5.97 Å². The molecule has 20 heavy (non-hydrogen) atoms. The molecule has 0 unspecified atom stereocenters. The van der Waals surface area contributed by atoms with E-state index in [1.807, 2.05) is 26.8 Å². The van der Waals surface area contributed by atoms with E-state index in [0.717, 1.165) is 6.92 Å². The van der Waals surface area contributed by atoms with Crippen LogP contribution in [0.4, 0.5) is 0 Å². The first kappa shape index (κ1) is 21.4. The molecule has 0 spiro atoms. The van der Waals surface area contributed by atoms with Crippen molar-refractivity contribution in [2.45, 2.75) is 33.3 Å². The van der Waals surface area contributed by atoms with E-state index in [4.69, 9.17) is 10.1 Å². The van der Waals surface area contributed by atoms with Crippen LogP contribution in [0.5, 0.6) is 0 Å². The molecule has 0 radical (unpaired) electrons. The van der Waals surface area contributed by atoms with E-state index in [1.54, 1.807) is 24.3 Å². The normalized spacial score (nSPS) is 9.45. The van der Waals surface area contributed by atoms with Gasteiger partial charge in [-0.25, -0.2) is 4.79 Å². The number of hydrogen-bond acceptors (Lipinski definition) is 6. The van der Waals surface area contributed by atoms with E-state index in [0.29, 0.717) is 5.56 Å². The Hall–Kier alpha value is -0.920. The molecule has 0 aliphatic heterocycles. The summed E-state index contributed by atoms with van der Waals surface area (Å²) in [4.78, 5) is 33.0. The number of benzene rings is 1. The van der Waals surface area contributed by atoms with Gasteiger partial charge in [0.05, 0.1) is 5.56 Å². The first-order valence-electron chi connectivity index (χ1n) is 5.51. The third-order valence-corrected chi connectivity index (χ3v) is 1.49. The van der Waals surface area contributed by atoms with E-state index < -0.39 is 17.5 Å². The molecule has 1 aromatic carbocycles. The summed E-state index contributed by atoms with van der Waals surface area (Å²) in [6.45, 7) is 6.48. The molecule has 0 aliphatic rings. The van der Waals surface area contributed by atoms with Crippen molar-refractivity contribution >= 4 is 11.9 Å². The zero-order valence-electron chi connectivity index (χ0n) is 12.3. The largest absolute Gasteiger partial charge is 1.00 e. The minimum atomic E-state index is -0.801. The van der Waals surface area contributed by atoms with Crippen molar-refractivity contribution in [3.8, 4) is 0 Å². The Morgan fingerprint density at radius 3 is 1.90 bits per heavy atom. The van der Waals surface area contributed by atoms with Gasteiger partial charge in [-0.3, -0.25) is 9.68 Å². The zero-order chi connectivity index (χ0) is 14.9. The van der Waals surface area contributed by atoms with Crippen LogP contribution in [0.1, 0.15) is 38.1 Å². The zero-order valence-corrected chi connectivity index (χ0v) is 14.3. The Bertz CT molecular complexity index is 399. The Labute approximate surface area is 140 Å². The van der Waals surface area contributed by atoms with Gasteiger partial charge in [0, 0.05) is 6.92 Å². The van der Waals surface area contributed by atoms with Gasteiger partial charge in [0.1, 0.15) is 5.60 Å². The minimum absolute atomic E-state index is 0. The van der Waals surface area contributed by atoms with Gasteiger partial charge in [-0.2, -0.15) is 4.89 Å². The van der Waals surface area contributed by atoms with Crippen molar-refractivity contribution in [1.82, 2.24) is 0 Å². The molecule has 0 aromatic heterocycles. The maximum absolute atomic E-state index is 11.3. The van der Waals surface area contributed by atoms with Crippen molar-refractivity contribution in [2.75, 3.05) is 0 Å². The number of hydrogen-bond donors (Lipinski definition) is 0. The third kappa shape index (κ3) is 12.1. The minimum Gasteiger partial charge on any atom is -0.662 e. The Morgan fingerprint density at radius 1 is 1.10 bits per heavy atom. The predicted octanol–water partition coefficient (Wildman–Crippen LogP) is -1.60. The molecule has 0 bridgehead atoms. The molecule has 0 N–H and O–H groups in total. The quantitative estimate of drug-likeness (QED) is 0.371. The number of carbonyl (C=O) groups is 2. The second kappa shape index (κ2) is 10.8. The second-order valence-corrected chi connectivity index (χ2v) is 4.51. The molecule has 0 amide bonds. The summed E-state index contributed by atoms with van der Waals surface area (Å²) in [6.07, 6.45) is 0. The molecule has 0 fully saturated rings. The summed E-state index contributed by atoms with van der Waals surface area (Å²) in [7, 11) is 0. The molecule has 0 saturated heterocycles. The molecule has 0 atom stereocenters. The molecule has 0 saturated carbocycles. The van der Waals surface area contributed by atoms with Crippen molar-refractivity contribution < 1.29 is 59.1 Å². The fraction of sp³-hybridized carbons (Fsp3) is 0.385. The average molecular weight is 292 g/mol. The van der Waals surface area contributed by atoms with Crippen molar-refractivity contribution in [3.05, 3.63) is 35.9 Å². The predicted molar refractivity (Wildman–Crippen MR) is 64.5 cm³/mol. The molecule has 6 nitrogen and oxygen atoms in total. The van der Waals surface area contributed by atoms with Crippen molar-refractivity contribution in [2.24, 2.45) is 0 Å². The molecule has 1 rings (SSSR count). The van der Waals surface area contributed by atoms with Gasteiger partial charge < -0.3 is 10.1 Å². The van der Waals surface area contributed by atoms with Crippen LogP contribution in [-0.2, 0) is 19.5 Å². The maximum Gasteiger partial charge on any atom is 1.00 e. The molecular weight excluding hydrogens is 275 g/mol. The van der Waals surface area contributed by atoms with Crippen LogP contribution in [0.25, 0.3) is 0 Å². The van der Waals surface area contributed by atoms with Crippen LogP contribution < -0.4 is 34.8 Å². The van der Waals surface area contributed by atoms with Gasteiger partial charge in [-0.15, -0.1) is 0 Å². The van der Waals surface area contributed by atoms with E-state index in [2.05, 4.69) is 9.78 Å². The molecule has 0 heterocycles. The second-order valence-electron chi connectivity index (χ2n) is 4.51. The maximum atomic E-state index is 11.3. The summed E-state index contributed by atoms with van der Waals surface area (Å²) in [5, 5.41) is 8.78. The molecule has 1 aromatic rings. The standard InChI is InChI=1S/C11H14O3.C2H4O3.Na/c1-11(2,3)14-13-10(12)9-7-5-4-6-8-9;1-2(3)5-4;/h4-8H,1-3H3;4H,1H3;/q;;+1/p-1. The Balaban J connectivity index is 0. The van der Waals surface area contributed by atoms with E-state index in [9.17, 15) is 9.59 Å². The molecule has 106 valence electrons.